The molecule has 5 nitrogen and oxygen atoms in total. The summed E-state index contributed by atoms with van der Waals surface area (Å²) in [6.45, 7) is 0.230. The smallest absolute Gasteiger partial charge is 0.289 e. The molecule has 1 N–H and O–H groups in total. The number of nitrogens with one attached hydrogen (secondary N) is 1. The van der Waals surface area contributed by atoms with Gasteiger partial charge in [-0.05, 0) is 61.9 Å². The van der Waals surface area contributed by atoms with Gasteiger partial charge in [-0.25, -0.2) is 4.39 Å². The molecule has 0 spiro atoms. The number of benzene rings is 2. The summed E-state index contributed by atoms with van der Waals surface area (Å²) < 4.78 is 20.5. The van der Waals surface area contributed by atoms with E-state index in [9.17, 15) is 14.0 Å². The Balaban J connectivity index is 1.34. The summed E-state index contributed by atoms with van der Waals surface area (Å²) in [7, 11) is 0. The number of carbonyl (C=O) groups is 2. The molecule has 2 amide bonds. The van der Waals surface area contributed by atoms with E-state index in [0.717, 1.165) is 44.1 Å². The van der Waals surface area contributed by atoms with Gasteiger partial charge in [-0.2, -0.15) is 0 Å². The minimum Gasteiger partial charge on any atom is -0.482 e. The Bertz CT molecular complexity index is 1080. The van der Waals surface area contributed by atoms with Crippen LogP contribution in [0.15, 0.2) is 54.3 Å². The molecule has 2 atom stereocenters. The van der Waals surface area contributed by atoms with Crippen molar-refractivity contribution in [3.05, 3.63) is 76.8 Å². The number of halogens is 1. The summed E-state index contributed by atoms with van der Waals surface area (Å²) in [5.74, 6) is -0.291. The van der Waals surface area contributed by atoms with E-state index >= 15 is 0 Å². The van der Waals surface area contributed by atoms with Gasteiger partial charge in [0.15, 0.2) is 5.76 Å². The first kappa shape index (κ1) is 22.6. The van der Waals surface area contributed by atoms with Crippen molar-refractivity contribution in [3.8, 4) is 0 Å². The lowest BCUT2D eigenvalue weighted by Gasteiger charge is -2.44. The van der Waals surface area contributed by atoms with Crippen LogP contribution in [0.2, 0.25) is 0 Å². The third-order valence-corrected chi connectivity index (χ3v) is 7.28. The van der Waals surface area contributed by atoms with Crippen LogP contribution in [0.4, 0.5) is 4.39 Å². The van der Waals surface area contributed by atoms with Gasteiger partial charge in [0, 0.05) is 23.7 Å². The molecule has 2 saturated carbocycles. The Kier molecular flexibility index (Phi) is 6.66. The van der Waals surface area contributed by atoms with E-state index in [1.807, 2.05) is 12.1 Å². The molecule has 3 fully saturated rings. The lowest BCUT2D eigenvalue weighted by atomic mass is 9.89. The lowest BCUT2D eigenvalue weighted by molar-refractivity contribution is -0.149. The highest BCUT2D eigenvalue weighted by Crippen LogP contribution is 2.34. The molecular weight excluding hydrogens is 431 g/mol. The van der Waals surface area contributed by atoms with Crippen LogP contribution in [-0.2, 0) is 16.1 Å². The van der Waals surface area contributed by atoms with Crippen LogP contribution in [0.5, 0.6) is 0 Å². The van der Waals surface area contributed by atoms with Crippen molar-refractivity contribution in [3.63, 3.8) is 0 Å². The number of hydrogen-bond donors (Lipinski definition) is 1. The normalized spacial score (nSPS) is 24.1. The second kappa shape index (κ2) is 10.00. The van der Waals surface area contributed by atoms with Gasteiger partial charge < -0.3 is 15.0 Å². The average molecular weight is 463 g/mol. The third-order valence-electron chi connectivity index (χ3n) is 7.28. The fourth-order valence-electron chi connectivity index (χ4n) is 5.39. The number of rotatable bonds is 5. The van der Waals surface area contributed by atoms with Crippen LogP contribution in [0.3, 0.4) is 0 Å². The van der Waals surface area contributed by atoms with Crippen molar-refractivity contribution >= 4 is 17.9 Å². The molecule has 1 saturated heterocycles. The van der Waals surface area contributed by atoms with Crippen molar-refractivity contribution in [2.45, 2.75) is 76.1 Å². The quantitative estimate of drug-likeness (QED) is 0.621. The number of fused-ring (bicyclic) bond motifs is 1. The molecule has 5 rings (SSSR count). The van der Waals surface area contributed by atoms with Gasteiger partial charge in [-0.1, -0.05) is 49.6 Å². The maximum absolute atomic E-state index is 14.4. The first-order chi connectivity index (χ1) is 16.6. The standard InChI is InChI=1S/C28H31FN2O3/c29-23-10-4-1-7-21(23)18-31-24-11-5-6-12-25(24)34-26(28(31)33)17-19-13-15-20(16-14-19)27(32)30-22-8-2-3-9-22/h1,4,7,10,13-17,22,24-25H,2-3,5-6,8-9,11-12,18H2,(H,30,32)/b26-17-. The van der Waals surface area contributed by atoms with E-state index in [1.165, 1.54) is 18.9 Å². The molecule has 178 valence electrons. The number of morpholine rings is 1. The van der Waals surface area contributed by atoms with E-state index in [1.54, 1.807) is 41.3 Å². The second-order valence-electron chi connectivity index (χ2n) is 9.62. The average Bonchev–Trinajstić information content (AvgIpc) is 3.36. The maximum Gasteiger partial charge on any atom is 0.289 e. The Hall–Kier alpha value is -3.15. The summed E-state index contributed by atoms with van der Waals surface area (Å²) in [6.07, 6.45) is 9.91. The highest BCUT2D eigenvalue weighted by atomic mass is 19.1. The van der Waals surface area contributed by atoms with E-state index in [2.05, 4.69) is 5.32 Å². The molecule has 2 aromatic rings. The maximum atomic E-state index is 14.4. The Morgan fingerprint density at radius 3 is 2.47 bits per heavy atom. The first-order valence-corrected chi connectivity index (χ1v) is 12.4. The number of carbonyl (C=O) groups excluding carboxylic acids is 2. The SMILES string of the molecule is O=C(NC1CCCC1)c1ccc(/C=C2\OC3CCCCC3N(Cc3ccccc3F)C2=O)cc1. The van der Waals surface area contributed by atoms with Crippen LogP contribution < -0.4 is 5.32 Å². The predicted molar refractivity (Wildman–Crippen MR) is 128 cm³/mol. The van der Waals surface area contributed by atoms with E-state index < -0.39 is 0 Å². The fourth-order valence-corrected chi connectivity index (χ4v) is 5.39. The van der Waals surface area contributed by atoms with E-state index in [4.69, 9.17) is 4.74 Å². The summed E-state index contributed by atoms with van der Waals surface area (Å²) in [5, 5.41) is 3.10. The zero-order valence-corrected chi connectivity index (χ0v) is 19.3. The van der Waals surface area contributed by atoms with Crippen LogP contribution in [0.1, 0.15) is 72.9 Å². The van der Waals surface area contributed by atoms with Crippen molar-refractivity contribution in [1.29, 1.82) is 0 Å². The second-order valence-corrected chi connectivity index (χ2v) is 9.62. The number of amides is 2. The molecule has 0 aromatic heterocycles. The molecule has 2 aromatic carbocycles. The summed E-state index contributed by atoms with van der Waals surface area (Å²) in [4.78, 5) is 27.7. The fraction of sp³-hybridized carbons (Fsp3) is 0.429. The van der Waals surface area contributed by atoms with Gasteiger partial charge in [0.05, 0.1) is 6.04 Å². The molecule has 6 heteroatoms. The largest absolute Gasteiger partial charge is 0.482 e. The van der Waals surface area contributed by atoms with Crippen molar-refractivity contribution in [1.82, 2.24) is 10.2 Å². The van der Waals surface area contributed by atoms with E-state index in [0.29, 0.717) is 11.1 Å². The molecule has 3 aliphatic rings. The summed E-state index contributed by atoms with van der Waals surface area (Å²) in [6, 6.07) is 14.1. The molecule has 0 bridgehead atoms. The van der Waals surface area contributed by atoms with Crippen LogP contribution in [0.25, 0.3) is 6.08 Å². The van der Waals surface area contributed by atoms with Gasteiger partial charge in [0.2, 0.25) is 0 Å². The molecule has 2 aliphatic carbocycles. The third kappa shape index (κ3) is 4.86. The monoisotopic (exact) mass is 462 g/mol. The first-order valence-electron chi connectivity index (χ1n) is 12.4. The summed E-state index contributed by atoms with van der Waals surface area (Å²) in [5.41, 5.74) is 1.92. The van der Waals surface area contributed by atoms with Crippen molar-refractivity contribution in [2.24, 2.45) is 0 Å². The van der Waals surface area contributed by atoms with Crippen LogP contribution in [0, 0.1) is 5.82 Å². The molecule has 1 aliphatic heterocycles. The topological polar surface area (TPSA) is 58.6 Å². The van der Waals surface area contributed by atoms with E-state index in [-0.39, 0.29) is 48.1 Å². The van der Waals surface area contributed by atoms with Crippen molar-refractivity contribution in [2.75, 3.05) is 0 Å². The molecule has 2 unspecified atom stereocenters. The molecular formula is C28H31FN2O3. The lowest BCUT2D eigenvalue weighted by Crippen LogP contribution is -2.54. The van der Waals surface area contributed by atoms with Gasteiger partial charge in [-0.15, -0.1) is 0 Å². The summed E-state index contributed by atoms with van der Waals surface area (Å²) >= 11 is 0. The highest BCUT2D eigenvalue weighted by molar-refractivity contribution is 5.97. The Morgan fingerprint density at radius 1 is 1.00 bits per heavy atom. The van der Waals surface area contributed by atoms with Crippen LogP contribution in [-0.4, -0.2) is 34.9 Å². The molecule has 34 heavy (non-hydrogen) atoms. The van der Waals surface area contributed by atoms with Gasteiger partial charge in [0.25, 0.3) is 11.8 Å². The van der Waals surface area contributed by atoms with Gasteiger partial charge in [0.1, 0.15) is 11.9 Å². The van der Waals surface area contributed by atoms with Gasteiger partial charge in [-0.3, -0.25) is 9.59 Å². The highest BCUT2D eigenvalue weighted by Gasteiger charge is 2.41. The minimum absolute atomic E-state index is 0.0420. The number of ether oxygens (including phenoxy) is 1. The Morgan fingerprint density at radius 2 is 1.71 bits per heavy atom. The Labute approximate surface area is 200 Å². The number of hydrogen-bond acceptors (Lipinski definition) is 3. The van der Waals surface area contributed by atoms with Crippen LogP contribution >= 0.6 is 0 Å². The predicted octanol–water partition coefficient (Wildman–Crippen LogP) is 5.21. The minimum atomic E-state index is -0.300. The zero-order valence-electron chi connectivity index (χ0n) is 19.3. The molecule has 1 heterocycles. The molecule has 0 radical (unpaired) electrons. The van der Waals surface area contributed by atoms with Crippen molar-refractivity contribution < 1.29 is 18.7 Å². The van der Waals surface area contributed by atoms with Gasteiger partial charge >= 0.3 is 0 Å². The zero-order chi connectivity index (χ0) is 23.5. The number of nitrogens with zero attached hydrogens (tertiary/aromatic N) is 1.